The number of benzene rings is 2. The van der Waals surface area contributed by atoms with Crippen LogP contribution in [0, 0.1) is 28.5 Å². The lowest BCUT2D eigenvalue weighted by molar-refractivity contribution is 0.612. The normalized spacial score (nSPS) is 9.55. The van der Waals surface area contributed by atoms with E-state index in [9.17, 15) is 4.39 Å². The van der Waals surface area contributed by atoms with Crippen molar-refractivity contribution in [2.45, 2.75) is 13.0 Å². The monoisotopic (exact) mass is 265 g/mol. The Morgan fingerprint density at radius 2 is 1.80 bits per heavy atom. The number of anilines is 1. The van der Waals surface area contributed by atoms with E-state index in [4.69, 9.17) is 10.5 Å². The summed E-state index contributed by atoms with van der Waals surface area (Å²) >= 11 is 0. The standard InChI is InChI=1S/C16H12FN3/c17-16-6-3-13(10-19)9-14(16)11-20-15-4-1-12(2-5-15)7-8-18/h1-6,9,20H,7,11H2. The summed E-state index contributed by atoms with van der Waals surface area (Å²) in [5, 5.41) is 20.5. The summed E-state index contributed by atoms with van der Waals surface area (Å²) in [5.41, 5.74) is 2.67. The Bertz CT molecular complexity index is 678. The number of hydrogen-bond donors (Lipinski definition) is 1. The minimum atomic E-state index is -0.336. The van der Waals surface area contributed by atoms with Crippen LogP contribution in [0.1, 0.15) is 16.7 Å². The van der Waals surface area contributed by atoms with Crippen LogP contribution in [-0.4, -0.2) is 0 Å². The third kappa shape index (κ3) is 3.34. The largest absolute Gasteiger partial charge is 0.381 e. The van der Waals surface area contributed by atoms with Crippen molar-refractivity contribution in [3.63, 3.8) is 0 Å². The molecular formula is C16H12FN3. The van der Waals surface area contributed by atoms with Crippen molar-refractivity contribution >= 4 is 5.69 Å². The molecular weight excluding hydrogens is 253 g/mol. The number of rotatable bonds is 4. The van der Waals surface area contributed by atoms with Crippen molar-refractivity contribution in [1.29, 1.82) is 10.5 Å². The van der Waals surface area contributed by atoms with Crippen LogP contribution in [-0.2, 0) is 13.0 Å². The van der Waals surface area contributed by atoms with Crippen LogP contribution in [0.5, 0.6) is 0 Å². The summed E-state index contributed by atoms with van der Waals surface area (Å²) in [6.07, 6.45) is 0.374. The third-order valence-corrected chi connectivity index (χ3v) is 2.89. The Morgan fingerprint density at radius 3 is 2.45 bits per heavy atom. The Kier molecular flexibility index (Phi) is 4.32. The SMILES string of the molecule is N#CCc1ccc(NCc2cc(C#N)ccc2F)cc1. The zero-order valence-corrected chi connectivity index (χ0v) is 10.7. The highest BCUT2D eigenvalue weighted by molar-refractivity contribution is 5.46. The molecule has 0 aliphatic rings. The molecule has 0 unspecified atom stereocenters. The van der Waals surface area contributed by atoms with E-state index in [2.05, 4.69) is 11.4 Å². The first kappa shape index (κ1) is 13.6. The molecule has 2 aromatic carbocycles. The van der Waals surface area contributed by atoms with Gasteiger partial charge in [-0.3, -0.25) is 0 Å². The maximum atomic E-state index is 13.6. The second-order valence-electron chi connectivity index (χ2n) is 4.30. The van der Waals surface area contributed by atoms with Crippen LogP contribution in [0.4, 0.5) is 10.1 Å². The molecule has 0 saturated heterocycles. The fourth-order valence-corrected chi connectivity index (χ4v) is 1.81. The topological polar surface area (TPSA) is 59.6 Å². The molecule has 0 bridgehead atoms. The summed E-state index contributed by atoms with van der Waals surface area (Å²) in [7, 11) is 0. The summed E-state index contributed by atoms with van der Waals surface area (Å²) in [6, 6.07) is 15.8. The Balaban J connectivity index is 2.05. The van der Waals surface area contributed by atoms with Gasteiger partial charge in [-0.1, -0.05) is 12.1 Å². The molecule has 0 saturated carbocycles. The van der Waals surface area contributed by atoms with Crippen molar-refractivity contribution < 1.29 is 4.39 Å². The predicted octanol–water partition coefficient (Wildman–Crippen LogP) is 3.38. The van der Waals surface area contributed by atoms with Crippen LogP contribution < -0.4 is 5.32 Å². The van der Waals surface area contributed by atoms with Crippen molar-refractivity contribution in [2.75, 3.05) is 5.32 Å². The molecule has 0 amide bonds. The van der Waals surface area contributed by atoms with Gasteiger partial charge in [0.2, 0.25) is 0 Å². The lowest BCUT2D eigenvalue weighted by atomic mass is 10.1. The Hall–Kier alpha value is -2.85. The first-order valence-electron chi connectivity index (χ1n) is 6.11. The van der Waals surface area contributed by atoms with E-state index in [1.54, 1.807) is 0 Å². The van der Waals surface area contributed by atoms with E-state index in [0.29, 0.717) is 24.1 Å². The molecule has 0 fully saturated rings. The van der Waals surface area contributed by atoms with Gasteiger partial charge in [0.05, 0.1) is 24.1 Å². The fraction of sp³-hybridized carbons (Fsp3) is 0.125. The lowest BCUT2D eigenvalue weighted by Gasteiger charge is -2.08. The van der Waals surface area contributed by atoms with E-state index in [1.165, 1.54) is 18.2 Å². The van der Waals surface area contributed by atoms with Gasteiger partial charge in [-0.15, -0.1) is 0 Å². The average Bonchev–Trinajstić information content (AvgIpc) is 2.48. The van der Waals surface area contributed by atoms with Crippen LogP contribution in [0.25, 0.3) is 0 Å². The minimum absolute atomic E-state index is 0.305. The van der Waals surface area contributed by atoms with Crippen LogP contribution in [0.2, 0.25) is 0 Å². The third-order valence-electron chi connectivity index (χ3n) is 2.89. The molecule has 2 rings (SSSR count). The summed E-state index contributed by atoms with van der Waals surface area (Å²) < 4.78 is 13.6. The minimum Gasteiger partial charge on any atom is -0.381 e. The number of nitriles is 2. The maximum Gasteiger partial charge on any atom is 0.128 e. The first-order chi connectivity index (χ1) is 9.72. The van der Waals surface area contributed by atoms with Gasteiger partial charge in [0.1, 0.15) is 5.82 Å². The zero-order chi connectivity index (χ0) is 14.4. The van der Waals surface area contributed by atoms with E-state index in [0.717, 1.165) is 11.3 Å². The molecule has 0 atom stereocenters. The van der Waals surface area contributed by atoms with Crippen LogP contribution in [0.15, 0.2) is 42.5 Å². The molecule has 0 radical (unpaired) electrons. The van der Waals surface area contributed by atoms with E-state index >= 15 is 0 Å². The van der Waals surface area contributed by atoms with Crippen molar-refractivity contribution in [3.8, 4) is 12.1 Å². The molecule has 0 aliphatic carbocycles. The van der Waals surface area contributed by atoms with Gasteiger partial charge < -0.3 is 5.32 Å². The molecule has 98 valence electrons. The summed E-state index contributed by atoms with van der Waals surface area (Å²) in [6.45, 7) is 0.305. The number of hydrogen-bond acceptors (Lipinski definition) is 3. The Morgan fingerprint density at radius 1 is 1.05 bits per heavy atom. The van der Waals surface area contributed by atoms with E-state index in [1.807, 2.05) is 30.3 Å². The highest BCUT2D eigenvalue weighted by atomic mass is 19.1. The molecule has 0 aliphatic heterocycles. The predicted molar refractivity (Wildman–Crippen MR) is 74.2 cm³/mol. The fourth-order valence-electron chi connectivity index (χ4n) is 1.81. The molecule has 20 heavy (non-hydrogen) atoms. The van der Waals surface area contributed by atoms with Gasteiger partial charge in [-0.2, -0.15) is 10.5 Å². The van der Waals surface area contributed by atoms with Gasteiger partial charge in [-0.05, 0) is 35.9 Å². The van der Waals surface area contributed by atoms with Crippen LogP contribution >= 0.6 is 0 Å². The Labute approximate surface area is 116 Å². The molecule has 3 nitrogen and oxygen atoms in total. The molecule has 1 N–H and O–H groups in total. The second-order valence-corrected chi connectivity index (χ2v) is 4.30. The number of halogens is 1. The second kappa shape index (κ2) is 6.36. The van der Waals surface area contributed by atoms with Gasteiger partial charge in [0.25, 0.3) is 0 Å². The van der Waals surface area contributed by atoms with Gasteiger partial charge >= 0.3 is 0 Å². The average molecular weight is 265 g/mol. The summed E-state index contributed by atoms with van der Waals surface area (Å²) in [4.78, 5) is 0. The quantitative estimate of drug-likeness (QED) is 0.921. The van der Waals surface area contributed by atoms with Gasteiger partial charge in [0, 0.05) is 17.8 Å². The van der Waals surface area contributed by atoms with Crippen molar-refractivity contribution in [1.82, 2.24) is 0 Å². The molecule has 0 heterocycles. The van der Waals surface area contributed by atoms with Gasteiger partial charge in [0.15, 0.2) is 0 Å². The van der Waals surface area contributed by atoms with Gasteiger partial charge in [-0.25, -0.2) is 4.39 Å². The first-order valence-corrected chi connectivity index (χ1v) is 6.11. The smallest absolute Gasteiger partial charge is 0.128 e. The number of nitrogens with one attached hydrogen (secondary N) is 1. The van der Waals surface area contributed by atoms with E-state index < -0.39 is 0 Å². The molecule has 4 heteroatoms. The zero-order valence-electron chi connectivity index (χ0n) is 10.7. The van der Waals surface area contributed by atoms with Crippen molar-refractivity contribution in [2.24, 2.45) is 0 Å². The molecule has 0 aromatic heterocycles. The number of nitrogens with zero attached hydrogens (tertiary/aromatic N) is 2. The van der Waals surface area contributed by atoms with Crippen molar-refractivity contribution in [3.05, 3.63) is 65.0 Å². The van der Waals surface area contributed by atoms with Crippen LogP contribution in [0.3, 0.4) is 0 Å². The molecule has 2 aromatic rings. The maximum absolute atomic E-state index is 13.6. The highest BCUT2D eigenvalue weighted by Crippen LogP contribution is 2.14. The molecule has 0 spiro atoms. The lowest BCUT2D eigenvalue weighted by Crippen LogP contribution is -2.02. The highest BCUT2D eigenvalue weighted by Gasteiger charge is 2.03. The summed E-state index contributed by atoms with van der Waals surface area (Å²) in [5.74, 6) is -0.336. The van der Waals surface area contributed by atoms with E-state index in [-0.39, 0.29) is 5.82 Å².